The molecule has 0 amide bonds. The van der Waals surface area contributed by atoms with Crippen molar-refractivity contribution in [1.29, 1.82) is 0 Å². The van der Waals surface area contributed by atoms with Gasteiger partial charge in [0.25, 0.3) is 0 Å². The first-order valence-corrected chi connectivity index (χ1v) is 6.64. The van der Waals surface area contributed by atoms with Gasteiger partial charge in [-0.1, -0.05) is 37.3 Å². The van der Waals surface area contributed by atoms with Crippen LogP contribution in [0.25, 0.3) is 11.0 Å². The fraction of sp³-hybridized carbons (Fsp3) is 0.176. The fourth-order valence-electron chi connectivity index (χ4n) is 2.41. The van der Waals surface area contributed by atoms with Crippen LogP contribution in [-0.2, 0) is 0 Å². The number of rotatable bonds is 3. The van der Waals surface area contributed by atoms with E-state index in [0.717, 1.165) is 10.9 Å². The second-order valence-corrected chi connectivity index (χ2v) is 5.06. The standard InChI is InChI=1S/C17H16FNO/c1-11(12-5-3-2-4-6-12)17(19)16-10-13-9-14(18)7-8-15(13)20-16/h2-11,17H,19H2,1H3. The first-order chi connectivity index (χ1) is 9.65. The Kier molecular flexibility index (Phi) is 3.28. The van der Waals surface area contributed by atoms with Gasteiger partial charge in [0.1, 0.15) is 17.2 Å². The Bertz CT molecular complexity index is 720. The zero-order chi connectivity index (χ0) is 14.1. The molecule has 0 spiro atoms. The van der Waals surface area contributed by atoms with Crippen LogP contribution in [0.1, 0.15) is 30.2 Å². The van der Waals surface area contributed by atoms with Crippen LogP contribution in [0.4, 0.5) is 4.39 Å². The molecule has 3 heteroatoms. The Balaban J connectivity index is 1.94. The average molecular weight is 269 g/mol. The maximum absolute atomic E-state index is 13.2. The predicted octanol–water partition coefficient (Wildman–Crippen LogP) is 4.38. The van der Waals surface area contributed by atoms with Gasteiger partial charge in [-0.25, -0.2) is 4.39 Å². The maximum atomic E-state index is 13.2. The Morgan fingerprint density at radius 1 is 1.05 bits per heavy atom. The number of fused-ring (bicyclic) bond motifs is 1. The largest absolute Gasteiger partial charge is 0.459 e. The van der Waals surface area contributed by atoms with Crippen molar-refractivity contribution in [2.45, 2.75) is 18.9 Å². The third-order valence-electron chi connectivity index (χ3n) is 3.69. The zero-order valence-electron chi connectivity index (χ0n) is 11.2. The number of hydrogen-bond acceptors (Lipinski definition) is 2. The molecule has 20 heavy (non-hydrogen) atoms. The second-order valence-electron chi connectivity index (χ2n) is 5.06. The SMILES string of the molecule is CC(c1ccccc1)C(N)c1cc2cc(F)ccc2o1. The van der Waals surface area contributed by atoms with Crippen molar-refractivity contribution in [3.63, 3.8) is 0 Å². The summed E-state index contributed by atoms with van der Waals surface area (Å²) in [5, 5.41) is 0.746. The van der Waals surface area contributed by atoms with Crippen molar-refractivity contribution >= 4 is 11.0 Å². The molecule has 3 rings (SSSR count). The van der Waals surface area contributed by atoms with Crippen LogP contribution in [0.15, 0.2) is 59.0 Å². The first kappa shape index (κ1) is 12.9. The Hall–Kier alpha value is -2.13. The Morgan fingerprint density at radius 3 is 2.55 bits per heavy atom. The van der Waals surface area contributed by atoms with E-state index in [1.54, 1.807) is 6.07 Å². The molecule has 0 saturated carbocycles. The molecule has 3 aromatic rings. The topological polar surface area (TPSA) is 39.2 Å². The fourth-order valence-corrected chi connectivity index (χ4v) is 2.41. The number of nitrogens with two attached hydrogens (primary N) is 1. The van der Waals surface area contributed by atoms with Gasteiger partial charge in [-0.3, -0.25) is 0 Å². The van der Waals surface area contributed by atoms with E-state index in [-0.39, 0.29) is 17.8 Å². The molecule has 0 aliphatic rings. The van der Waals surface area contributed by atoms with E-state index in [0.29, 0.717) is 11.3 Å². The molecule has 0 aliphatic carbocycles. The third kappa shape index (κ3) is 2.32. The lowest BCUT2D eigenvalue weighted by Gasteiger charge is -2.18. The molecule has 102 valence electrons. The van der Waals surface area contributed by atoms with Gasteiger partial charge in [-0.15, -0.1) is 0 Å². The van der Waals surface area contributed by atoms with Crippen LogP contribution in [0.5, 0.6) is 0 Å². The second kappa shape index (κ2) is 5.10. The van der Waals surface area contributed by atoms with Crippen molar-refractivity contribution < 1.29 is 8.81 Å². The number of halogens is 1. The molecule has 1 aromatic heterocycles. The minimum atomic E-state index is -0.269. The molecule has 2 N–H and O–H groups in total. The van der Waals surface area contributed by atoms with Gasteiger partial charge in [0.05, 0.1) is 6.04 Å². The molecule has 1 heterocycles. The molecule has 0 fully saturated rings. The van der Waals surface area contributed by atoms with Gasteiger partial charge in [-0.2, -0.15) is 0 Å². The number of hydrogen-bond donors (Lipinski definition) is 1. The van der Waals surface area contributed by atoms with E-state index in [1.807, 2.05) is 36.4 Å². The first-order valence-electron chi connectivity index (χ1n) is 6.64. The summed E-state index contributed by atoms with van der Waals surface area (Å²) < 4.78 is 18.9. The van der Waals surface area contributed by atoms with Crippen LogP contribution in [-0.4, -0.2) is 0 Å². The van der Waals surface area contributed by atoms with Crippen LogP contribution >= 0.6 is 0 Å². The van der Waals surface area contributed by atoms with Crippen LogP contribution < -0.4 is 5.73 Å². The Labute approximate surface area is 117 Å². The minimum absolute atomic E-state index is 0.126. The minimum Gasteiger partial charge on any atom is -0.459 e. The Morgan fingerprint density at radius 2 is 1.80 bits per heavy atom. The van der Waals surface area contributed by atoms with Crippen LogP contribution in [0, 0.1) is 5.82 Å². The van der Waals surface area contributed by atoms with Gasteiger partial charge < -0.3 is 10.2 Å². The average Bonchev–Trinajstić information content (AvgIpc) is 2.89. The lowest BCUT2D eigenvalue weighted by Crippen LogP contribution is -2.16. The summed E-state index contributed by atoms with van der Waals surface area (Å²) in [7, 11) is 0. The monoisotopic (exact) mass is 269 g/mol. The summed E-state index contributed by atoms with van der Waals surface area (Å²) in [5.74, 6) is 0.540. The quantitative estimate of drug-likeness (QED) is 0.766. The summed E-state index contributed by atoms with van der Waals surface area (Å²) in [6.07, 6.45) is 0. The summed E-state index contributed by atoms with van der Waals surface area (Å²) in [4.78, 5) is 0. The van der Waals surface area contributed by atoms with E-state index >= 15 is 0 Å². The molecule has 2 nitrogen and oxygen atoms in total. The molecule has 2 unspecified atom stereocenters. The summed E-state index contributed by atoms with van der Waals surface area (Å²) in [6, 6.07) is 16.1. The highest BCUT2D eigenvalue weighted by atomic mass is 19.1. The lowest BCUT2D eigenvalue weighted by molar-refractivity contribution is 0.457. The normalized spacial score (nSPS) is 14.3. The lowest BCUT2D eigenvalue weighted by atomic mass is 9.92. The van der Waals surface area contributed by atoms with Crippen molar-refractivity contribution in [3.05, 3.63) is 71.7 Å². The van der Waals surface area contributed by atoms with Gasteiger partial charge >= 0.3 is 0 Å². The van der Waals surface area contributed by atoms with Gasteiger partial charge in [-0.05, 0) is 29.8 Å². The van der Waals surface area contributed by atoms with Gasteiger partial charge in [0.2, 0.25) is 0 Å². The van der Waals surface area contributed by atoms with E-state index < -0.39 is 0 Å². The zero-order valence-corrected chi connectivity index (χ0v) is 11.2. The van der Waals surface area contributed by atoms with Crippen molar-refractivity contribution in [3.8, 4) is 0 Å². The summed E-state index contributed by atoms with van der Waals surface area (Å²) >= 11 is 0. The molecule has 2 aromatic carbocycles. The molecule has 2 atom stereocenters. The summed E-state index contributed by atoms with van der Waals surface area (Å²) in [5.41, 5.74) is 8.11. The molecular formula is C17H16FNO. The van der Waals surface area contributed by atoms with Crippen LogP contribution in [0.3, 0.4) is 0 Å². The predicted molar refractivity (Wildman–Crippen MR) is 78.0 cm³/mol. The molecule has 0 radical (unpaired) electrons. The van der Waals surface area contributed by atoms with Gasteiger partial charge in [0, 0.05) is 11.3 Å². The summed E-state index contributed by atoms with van der Waals surface area (Å²) in [6.45, 7) is 2.06. The van der Waals surface area contributed by atoms with E-state index in [4.69, 9.17) is 10.2 Å². The molecular weight excluding hydrogens is 253 g/mol. The van der Waals surface area contributed by atoms with E-state index in [9.17, 15) is 4.39 Å². The molecule has 0 saturated heterocycles. The number of furan rings is 1. The highest BCUT2D eigenvalue weighted by Crippen LogP contribution is 2.32. The maximum Gasteiger partial charge on any atom is 0.134 e. The molecule has 0 aliphatic heterocycles. The third-order valence-corrected chi connectivity index (χ3v) is 3.69. The van der Waals surface area contributed by atoms with Gasteiger partial charge in [0.15, 0.2) is 0 Å². The van der Waals surface area contributed by atoms with Crippen molar-refractivity contribution in [2.75, 3.05) is 0 Å². The number of benzene rings is 2. The van der Waals surface area contributed by atoms with E-state index in [1.165, 1.54) is 12.1 Å². The highest BCUT2D eigenvalue weighted by molar-refractivity contribution is 5.78. The smallest absolute Gasteiger partial charge is 0.134 e. The van der Waals surface area contributed by atoms with Crippen molar-refractivity contribution in [1.82, 2.24) is 0 Å². The van der Waals surface area contributed by atoms with Crippen molar-refractivity contribution in [2.24, 2.45) is 5.73 Å². The highest BCUT2D eigenvalue weighted by Gasteiger charge is 2.20. The molecule has 0 bridgehead atoms. The van der Waals surface area contributed by atoms with Crippen LogP contribution in [0.2, 0.25) is 0 Å². The van der Waals surface area contributed by atoms with E-state index in [2.05, 4.69) is 6.92 Å².